The Bertz CT molecular complexity index is 1010. The number of nitro benzene ring substituents is 1. The Labute approximate surface area is 159 Å². The Kier molecular flexibility index (Phi) is 5.28. The summed E-state index contributed by atoms with van der Waals surface area (Å²) in [6.07, 6.45) is 0. The Morgan fingerprint density at radius 2 is 1.85 bits per heavy atom. The van der Waals surface area contributed by atoms with Gasteiger partial charge >= 0.3 is 0 Å². The second-order valence-electron chi connectivity index (χ2n) is 5.62. The fourth-order valence-corrected chi connectivity index (χ4v) is 2.42. The summed E-state index contributed by atoms with van der Waals surface area (Å²) in [6.45, 7) is 1.69. The second kappa shape index (κ2) is 7.79. The molecule has 0 unspecified atom stereocenters. The highest BCUT2D eigenvalue weighted by Crippen LogP contribution is 2.20. The number of hydrazone groups is 1. The highest BCUT2D eigenvalue weighted by atomic mass is 35.5. The van der Waals surface area contributed by atoms with Gasteiger partial charge in [0.1, 0.15) is 5.69 Å². The maximum Gasteiger partial charge on any atom is 0.289 e. The third-order valence-corrected chi connectivity index (χ3v) is 4.04. The lowest BCUT2D eigenvalue weighted by Gasteiger charge is -2.01. The van der Waals surface area contributed by atoms with Crippen molar-refractivity contribution in [2.45, 2.75) is 6.92 Å². The number of rotatable bonds is 5. The first-order valence-electron chi connectivity index (χ1n) is 7.85. The average Bonchev–Trinajstić information content (AvgIpc) is 3.16. The number of aromatic nitrogens is 2. The third kappa shape index (κ3) is 4.36. The van der Waals surface area contributed by atoms with Crippen molar-refractivity contribution < 1.29 is 9.72 Å². The van der Waals surface area contributed by atoms with Crippen LogP contribution in [0.25, 0.3) is 11.3 Å². The summed E-state index contributed by atoms with van der Waals surface area (Å²) in [4.78, 5) is 22.4. The molecule has 1 heterocycles. The standard InChI is InChI=1S/C18H14ClN5O3/c1-11(12-4-8-15(9-5-12)24(26)27)20-23-18(25)17-10-16(21-22-17)13-2-6-14(19)7-3-13/h2-10H,1H3,(H,21,22)(H,23,25)/b20-11-. The summed E-state index contributed by atoms with van der Waals surface area (Å²) < 4.78 is 0. The molecule has 0 spiro atoms. The summed E-state index contributed by atoms with van der Waals surface area (Å²) in [5, 5.41) is 22.1. The maximum absolute atomic E-state index is 12.2. The topological polar surface area (TPSA) is 113 Å². The number of hydrogen-bond donors (Lipinski definition) is 2. The predicted molar refractivity (Wildman–Crippen MR) is 102 cm³/mol. The molecule has 27 heavy (non-hydrogen) atoms. The first-order valence-corrected chi connectivity index (χ1v) is 8.22. The van der Waals surface area contributed by atoms with Gasteiger partial charge in [-0.1, -0.05) is 23.7 Å². The molecular weight excluding hydrogens is 370 g/mol. The van der Waals surface area contributed by atoms with Crippen molar-refractivity contribution in [3.05, 3.63) is 81.0 Å². The van der Waals surface area contributed by atoms with Gasteiger partial charge in [0.2, 0.25) is 0 Å². The minimum atomic E-state index is -0.478. The Hall–Kier alpha value is -3.52. The minimum absolute atomic E-state index is 0.0113. The molecular formula is C18H14ClN5O3. The number of amides is 1. The zero-order chi connectivity index (χ0) is 19.4. The molecule has 0 bridgehead atoms. The van der Waals surface area contributed by atoms with Gasteiger partial charge in [0.15, 0.2) is 0 Å². The molecule has 0 radical (unpaired) electrons. The number of nitrogens with one attached hydrogen (secondary N) is 2. The van der Waals surface area contributed by atoms with Crippen molar-refractivity contribution >= 4 is 28.9 Å². The van der Waals surface area contributed by atoms with Crippen molar-refractivity contribution in [1.29, 1.82) is 0 Å². The summed E-state index contributed by atoms with van der Waals surface area (Å²) in [5.41, 5.74) is 5.26. The first-order chi connectivity index (χ1) is 12.9. The zero-order valence-corrected chi connectivity index (χ0v) is 14.9. The van der Waals surface area contributed by atoms with Gasteiger partial charge in [0, 0.05) is 22.7 Å². The minimum Gasteiger partial charge on any atom is -0.272 e. The molecule has 2 N–H and O–H groups in total. The predicted octanol–water partition coefficient (Wildman–Crippen LogP) is 3.79. The lowest BCUT2D eigenvalue weighted by Crippen LogP contribution is -2.19. The highest BCUT2D eigenvalue weighted by molar-refractivity contribution is 6.30. The monoisotopic (exact) mass is 383 g/mol. The smallest absolute Gasteiger partial charge is 0.272 e. The molecule has 3 rings (SSSR count). The van der Waals surface area contributed by atoms with Gasteiger partial charge in [-0.25, -0.2) is 5.43 Å². The van der Waals surface area contributed by atoms with Crippen LogP contribution >= 0.6 is 11.6 Å². The van der Waals surface area contributed by atoms with Crippen LogP contribution in [0.4, 0.5) is 5.69 Å². The molecule has 0 aliphatic rings. The van der Waals surface area contributed by atoms with E-state index in [1.807, 2.05) is 0 Å². The number of aromatic amines is 1. The number of halogens is 1. The molecule has 1 aromatic heterocycles. The number of H-pyrrole nitrogens is 1. The molecule has 0 aliphatic heterocycles. The van der Waals surface area contributed by atoms with Crippen LogP contribution < -0.4 is 5.43 Å². The fraction of sp³-hybridized carbons (Fsp3) is 0.0556. The number of benzene rings is 2. The van der Waals surface area contributed by atoms with Crippen LogP contribution in [0.5, 0.6) is 0 Å². The van der Waals surface area contributed by atoms with E-state index in [1.54, 1.807) is 49.4 Å². The van der Waals surface area contributed by atoms with Crippen LogP contribution in [0, 0.1) is 10.1 Å². The number of nitro groups is 1. The molecule has 0 fully saturated rings. The number of nitrogens with zero attached hydrogens (tertiary/aromatic N) is 3. The molecule has 1 amide bonds. The normalized spacial score (nSPS) is 11.3. The Morgan fingerprint density at radius 1 is 1.19 bits per heavy atom. The summed E-state index contributed by atoms with van der Waals surface area (Å²) in [7, 11) is 0. The molecule has 9 heteroatoms. The molecule has 2 aromatic carbocycles. The largest absolute Gasteiger partial charge is 0.289 e. The molecule has 0 atom stereocenters. The average molecular weight is 384 g/mol. The number of carbonyl (C=O) groups excluding carboxylic acids is 1. The van der Waals surface area contributed by atoms with Crippen LogP contribution in [-0.4, -0.2) is 26.7 Å². The van der Waals surface area contributed by atoms with Crippen molar-refractivity contribution in [3.8, 4) is 11.3 Å². The van der Waals surface area contributed by atoms with E-state index in [0.717, 1.165) is 5.56 Å². The van der Waals surface area contributed by atoms with E-state index in [0.29, 0.717) is 22.0 Å². The van der Waals surface area contributed by atoms with E-state index in [1.165, 1.54) is 12.1 Å². The molecule has 3 aromatic rings. The molecule has 8 nitrogen and oxygen atoms in total. The van der Waals surface area contributed by atoms with Gasteiger partial charge in [-0.15, -0.1) is 0 Å². The number of carbonyl (C=O) groups is 1. The van der Waals surface area contributed by atoms with Crippen LogP contribution in [0.1, 0.15) is 23.0 Å². The Balaban J connectivity index is 1.69. The lowest BCUT2D eigenvalue weighted by atomic mass is 10.1. The van der Waals surface area contributed by atoms with E-state index >= 15 is 0 Å². The maximum atomic E-state index is 12.2. The lowest BCUT2D eigenvalue weighted by molar-refractivity contribution is -0.384. The third-order valence-electron chi connectivity index (χ3n) is 3.78. The first kappa shape index (κ1) is 18.3. The zero-order valence-electron chi connectivity index (χ0n) is 14.1. The molecule has 136 valence electrons. The van der Waals surface area contributed by atoms with E-state index < -0.39 is 10.8 Å². The fourth-order valence-electron chi connectivity index (χ4n) is 2.29. The molecule has 0 saturated carbocycles. The summed E-state index contributed by atoms with van der Waals surface area (Å²) >= 11 is 5.86. The molecule has 0 aliphatic carbocycles. The SMILES string of the molecule is C/C(=N/NC(=O)c1cc(-c2ccc(Cl)cc2)n[nH]1)c1ccc([N+](=O)[O-])cc1. The van der Waals surface area contributed by atoms with E-state index in [2.05, 4.69) is 20.7 Å². The van der Waals surface area contributed by atoms with Crippen LogP contribution in [-0.2, 0) is 0 Å². The van der Waals surface area contributed by atoms with Crippen LogP contribution in [0.15, 0.2) is 59.7 Å². The van der Waals surface area contributed by atoms with Gasteiger partial charge in [-0.2, -0.15) is 10.2 Å². The molecule has 0 saturated heterocycles. The van der Waals surface area contributed by atoms with Crippen molar-refractivity contribution in [2.24, 2.45) is 5.10 Å². The number of non-ortho nitro benzene ring substituents is 1. The van der Waals surface area contributed by atoms with Gasteiger partial charge in [0.25, 0.3) is 11.6 Å². The quantitative estimate of drug-likeness (QED) is 0.396. The van der Waals surface area contributed by atoms with Crippen molar-refractivity contribution in [2.75, 3.05) is 0 Å². The van der Waals surface area contributed by atoms with Crippen molar-refractivity contribution in [3.63, 3.8) is 0 Å². The van der Waals surface area contributed by atoms with Crippen molar-refractivity contribution in [1.82, 2.24) is 15.6 Å². The van der Waals surface area contributed by atoms with Gasteiger partial charge < -0.3 is 0 Å². The second-order valence-corrected chi connectivity index (χ2v) is 6.05. The summed E-state index contributed by atoms with van der Waals surface area (Å²) in [6, 6.07) is 14.6. The highest BCUT2D eigenvalue weighted by Gasteiger charge is 2.11. The van der Waals surface area contributed by atoms with E-state index in [4.69, 9.17) is 11.6 Å². The van der Waals surface area contributed by atoms with Crippen LogP contribution in [0.2, 0.25) is 5.02 Å². The van der Waals surface area contributed by atoms with Gasteiger partial charge in [-0.3, -0.25) is 20.0 Å². The van der Waals surface area contributed by atoms with Gasteiger partial charge in [0.05, 0.1) is 16.3 Å². The summed E-state index contributed by atoms with van der Waals surface area (Å²) in [5.74, 6) is -0.455. The van der Waals surface area contributed by atoms with E-state index in [-0.39, 0.29) is 11.4 Å². The Morgan fingerprint density at radius 3 is 2.48 bits per heavy atom. The number of hydrogen-bond acceptors (Lipinski definition) is 5. The van der Waals surface area contributed by atoms with Crippen LogP contribution in [0.3, 0.4) is 0 Å². The van der Waals surface area contributed by atoms with Gasteiger partial charge in [-0.05, 0) is 42.8 Å². The van der Waals surface area contributed by atoms with E-state index in [9.17, 15) is 14.9 Å².